The first kappa shape index (κ1) is 16.2. The van der Waals surface area contributed by atoms with Crippen LogP contribution in [-0.2, 0) is 11.3 Å². The quantitative estimate of drug-likeness (QED) is 0.913. The molecule has 1 heterocycles. The van der Waals surface area contributed by atoms with E-state index in [-0.39, 0.29) is 25.8 Å². The molecular weight excluding hydrogens is 318 g/mol. The van der Waals surface area contributed by atoms with Gasteiger partial charge in [0.1, 0.15) is 11.6 Å². The smallest absolute Gasteiger partial charge is 0.238 e. The Morgan fingerprint density at radius 2 is 1.96 bits per heavy atom. The van der Waals surface area contributed by atoms with Crippen molar-refractivity contribution in [2.75, 3.05) is 25.7 Å². The van der Waals surface area contributed by atoms with E-state index >= 15 is 0 Å². The molecule has 0 aliphatic carbocycles. The van der Waals surface area contributed by atoms with Crippen molar-refractivity contribution in [3.8, 4) is 11.5 Å². The van der Waals surface area contributed by atoms with Crippen LogP contribution in [0.3, 0.4) is 0 Å². The van der Waals surface area contributed by atoms with Crippen molar-refractivity contribution < 1.29 is 23.0 Å². The maximum atomic E-state index is 13.6. The third-order valence-corrected chi connectivity index (χ3v) is 3.53. The minimum absolute atomic E-state index is 0.0608. The number of benzene rings is 2. The van der Waals surface area contributed by atoms with Gasteiger partial charge in [0.05, 0.1) is 6.54 Å². The Balaban J connectivity index is 1.56. The third kappa shape index (κ3) is 3.80. The fraction of sp³-hybridized carbons (Fsp3) is 0.235. The Bertz CT molecular complexity index is 767. The Morgan fingerprint density at radius 1 is 1.17 bits per heavy atom. The van der Waals surface area contributed by atoms with Crippen molar-refractivity contribution in [1.29, 1.82) is 0 Å². The van der Waals surface area contributed by atoms with E-state index in [1.165, 1.54) is 12.1 Å². The molecule has 0 fully saturated rings. The molecule has 126 valence electrons. The molecule has 2 aromatic carbocycles. The summed E-state index contributed by atoms with van der Waals surface area (Å²) >= 11 is 0. The van der Waals surface area contributed by atoms with E-state index in [4.69, 9.17) is 9.47 Å². The molecule has 0 atom stereocenters. The van der Waals surface area contributed by atoms with Crippen LogP contribution in [0.5, 0.6) is 11.5 Å². The summed E-state index contributed by atoms with van der Waals surface area (Å²) in [5, 5.41) is 2.74. The maximum Gasteiger partial charge on any atom is 0.238 e. The summed E-state index contributed by atoms with van der Waals surface area (Å²) in [6.07, 6.45) is 0. The molecule has 0 bridgehead atoms. The van der Waals surface area contributed by atoms with Gasteiger partial charge in [-0.25, -0.2) is 8.78 Å². The number of carbonyl (C=O) groups is 1. The molecule has 0 radical (unpaired) electrons. The van der Waals surface area contributed by atoms with Gasteiger partial charge in [-0.15, -0.1) is 0 Å². The van der Waals surface area contributed by atoms with Crippen LogP contribution in [0.25, 0.3) is 0 Å². The Morgan fingerprint density at radius 3 is 2.75 bits per heavy atom. The number of carbonyl (C=O) groups excluding carboxylic acids is 1. The number of anilines is 1. The fourth-order valence-corrected chi connectivity index (χ4v) is 2.42. The van der Waals surface area contributed by atoms with Crippen LogP contribution in [0, 0.1) is 11.6 Å². The molecule has 1 aliphatic heterocycles. The summed E-state index contributed by atoms with van der Waals surface area (Å²) in [5.74, 6) is -0.289. The van der Waals surface area contributed by atoms with Gasteiger partial charge in [0, 0.05) is 29.9 Å². The van der Waals surface area contributed by atoms with E-state index in [9.17, 15) is 13.6 Å². The zero-order valence-corrected chi connectivity index (χ0v) is 13.0. The first-order valence-electron chi connectivity index (χ1n) is 7.33. The standard InChI is InChI=1S/C17H16F2N2O3/c1-21(8-11-2-3-12(18)6-14(11)19)9-17(22)20-13-4-5-15-16(7-13)24-10-23-15/h2-7H,8-10H2,1H3,(H,20,22). The summed E-state index contributed by atoms with van der Waals surface area (Å²) < 4.78 is 37.0. The number of likely N-dealkylation sites (N-methyl/N-ethyl adjacent to an activating group) is 1. The first-order chi connectivity index (χ1) is 11.5. The molecule has 1 N–H and O–H groups in total. The largest absolute Gasteiger partial charge is 0.454 e. The van der Waals surface area contributed by atoms with Crippen LogP contribution in [0.4, 0.5) is 14.5 Å². The second kappa shape index (κ2) is 6.84. The molecule has 24 heavy (non-hydrogen) atoms. The highest BCUT2D eigenvalue weighted by atomic mass is 19.1. The molecule has 0 unspecified atom stereocenters. The van der Waals surface area contributed by atoms with Crippen LogP contribution in [0.15, 0.2) is 36.4 Å². The highest BCUT2D eigenvalue weighted by Crippen LogP contribution is 2.34. The van der Waals surface area contributed by atoms with Gasteiger partial charge in [-0.05, 0) is 25.2 Å². The van der Waals surface area contributed by atoms with Crippen LogP contribution >= 0.6 is 0 Å². The second-order valence-corrected chi connectivity index (χ2v) is 5.52. The van der Waals surface area contributed by atoms with Gasteiger partial charge in [-0.3, -0.25) is 9.69 Å². The highest BCUT2D eigenvalue weighted by molar-refractivity contribution is 5.92. The first-order valence-corrected chi connectivity index (χ1v) is 7.33. The van der Waals surface area contributed by atoms with Gasteiger partial charge in [-0.2, -0.15) is 0 Å². The summed E-state index contributed by atoms with van der Waals surface area (Å²) in [5.41, 5.74) is 0.917. The van der Waals surface area contributed by atoms with Crippen LogP contribution in [-0.4, -0.2) is 31.2 Å². The van der Waals surface area contributed by atoms with Crippen molar-refractivity contribution in [2.45, 2.75) is 6.54 Å². The SMILES string of the molecule is CN(CC(=O)Nc1ccc2c(c1)OCO2)Cc1ccc(F)cc1F. The predicted octanol–water partition coefficient (Wildman–Crippen LogP) is 2.76. The molecule has 0 aromatic heterocycles. The van der Waals surface area contributed by atoms with E-state index in [1.54, 1.807) is 30.1 Å². The molecule has 2 aromatic rings. The van der Waals surface area contributed by atoms with E-state index < -0.39 is 11.6 Å². The fourth-order valence-electron chi connectivity index (χ4n) is 2.42. The predicted molar refractivity (Wildman–Crippen MR) is 83.9 cm³/mol. The normalized spacial score (nSPS) is 12.5. The Hall–Kier alpha value is -2.67. The third-order valence-electron chi connectivity index (χ3n) is 3.53. The lowest BCUT2D eigenvalue weighted by Gasteiger charge is -2.17. The Labute approximate surface area is 137 Å². The van der Waals surface area contributed by atoms with E-state index in [1.807, 2.05) is 0 Å². The summed E-state index contributed by atoms with van der Waals surface area (Å²) in [7, 11) is 1.68. The number of nitrogens with zero attached hydrogens (tertiary/aromatic N) is 1. The minimum atomic E-state index is -0.627. The molecule has 1 amide bonds. The maximum absolute atomic E-state index is 13.6. The highest BCUT2D eigenvalue weighted by Gasteiger charge is 2.15. The molecule has 1 aliphatic rings. The van der Waals surface area contributed by atoms with Gasteiger partial charge >= 0.3 is 0 Å². The van der Waals surface area contributed by atoms with Gasteiger partial charge < -0.3 is 14.8 Å². The van der Waals surface area contributed by atoms with Gasteiger partial charge in [-0.1, -0.05) is 6.07 Å². The number of hydrogen-bond acceptors (Lipinski definition) is 4. The lowest BCUT2D eigenvalue weighted by molar-refractivity contribution is -0.117. The lowest BCUT2D eigenvalue weighted by Crippen LogP contribution is -2.30. The van der Waals surface area contributed by atoms with Crippen molar-refractivity contribution in [1.82, 2.24) is 4.90 Å². The number of rotatable bonds is 5. The molecular formula is C17H16F2N2O3. The summed E-state index contributed by atoms with van der Waals surface area (Å²) in [6.45, 7) is 0.421. The topological polar surface area (TPSA) is 50.8 Å². The number of ether oxygens (including phenoxy) is 2. The summed E-state index contributed by atoms with van der Waals surface area (Å²) in [6, 6.07) is 8.51. The number of amides is 1. The van der Waals surface area contributed by atoms with E-state index in [2.05, 4.69) is 5.32 Å². The van der Waals surface area contributed by atoms with Crippen molar-refractivity contribution in [3.63, 3.8) is 0 Å². The number of fused-ring (bicyclic) bond motifs is 1. The van der Waals surface area contributed by atoms with Crippen molar-refractivity contribution in [2.24, 2.45) is 0 Å². The van der Waals surface area contributed by atoms with Crippen molar-refractivity contribution >= 4 is 11.6 Å². The van der Waals surface area contributed by atoms with Crippen molar-refractivity contribution in [3.05, 3.63) is 53.6 Å². The minimum Gasteiger partial charge on any atom is -0.454 e. The molecule has 5 nitrogen and oxygen atoms in total. The monoisotopic (exact) mass is 334 g/mol. The number of nitrogens with one attached hydrogen (secondary N) is 1. The number of hydrogen-bond donors (Lipinski definition) is 1. The average Bonchev–Trinajstić information content (AvgIpc) is 2.97. The zero-order valence-electron chi connectivity index (χ0n) is 13.0. The Kier molecular flexibility index (Phi) is 4.61. The van der Waals surface area contributed by atoms with E-state index in [0.29, 0.717) is 22.7 Å². The van der Waals surface area contributed by atoms with Gasteiger partial charge in [0.15, 0.2) is 11.5 Å². The average molecular weight is 334 g/mol. The lowest BCUT2D eigenvalue weighted by atomic mass is 10.2. The van der Waals surface area contributed by atoms with E-state index in [0.717, 1.165) is 6.07 Å². The second-order valence-electron chi connectivity index (χ2n) is 5.52. The van der Waals surface area contributed by atoms with Crippen LogP contribution in [0.2, 0.25) is 0 Å². The molecule has 7 heteroatoms. The van der Waals surface area contributed by atoms with Gasteiger partial charge in [0.2, 0.25) is 12.7 Å². The molecule has 0 saturated carbocycles. The molecule has 0 saturated heterocycles. The molecule has 0 spiro atoms. The molecule has 3 rings (SSSR count). The van der Waals surface area contributed by atoms with Crippen LogP contribution in [0.1, 0.15) is 5.56 Å². The number of halogens is 2. The van der Waals surface area contributed by atoms with Crippen LogP contribution < -0.4 is 14.8 Å². The van der Waals surface area contributed by atoms with Gasteiger partial charge in [0.25, 0.3) is 0 Å². The summed E-state index contributed by atoms with van der Waals surface area (Å²) in [4.78, 5) is 13.7. The zero-order chi connectivity index (χ0) is 17.1.